The van der Waals surface area contributed by atoms with Crippen molar-refractivity contribution >= 4 is 39.4 Å². The van der Waals surface area contributed by atoms with Crippen molar-refractivity contribution in [1.29, 1.82) is 0 Å². The summed E-state index contributed by atoms with van der Waals surface area (Å²) in [5, 5.41) is 12.5. The molecule has 41 heavy (non-hydrogen) atoms. The third-order valence-corrected chi connectivity index (χ3v) is 8.14. The summed E-state index contributed by atoms with van der Waals surface area (Å²) in [7, 11) is -4.13. The fraction of sp³-hybridized carbons (Fsp3) is 0.185. The van der Waals surface area contributed by atoms with Crippen molar-refractivity contribution in [2.24, 2.45) is 0 Å². The van der Waals surface area contributed by atoms with E-state index in [4.69, 9.17) is 16.3 Å². The lowest BCUT2D eigenvalue weighted by Gasteiger charge is -2.31. The number of halogens is 2. The van der Waals surface area contributed by atoms with E-state index in [1.807, 2.05) is 0 Å². The number of aromatic nitrogens is 3. The fourth-order valence-corrected chi connectivity index (χ4v) is 5.91. The van der Waals surface area contributed by atoms with E-state index < -0.39 is 21.9 Å². The third kappa shape index (κ3) is 6.64. The predicted molar refractivity (Wildman–Crippen MR) is 150 cm³/mol. The Labute approximate surface area is 240 Å². The number of likely N-dealkylation sites (tertiary alicyclic amines) is 1. The van der Waals surface area contributed by atoms with Crippen LogP contribution in [0.5, 0.6) is 11.5 Å². The van der Waals surface area contributed by atoms with Gasteiger partial charge in [-0.1, -0.05) is 23.7 Å². The van der Waals surface area contributed by atoms with E-state index in [-0.39, 0.29) is 27.4 Å². The van der Waals surface area contributed by atoms with Gasteiger partial charge in [-0.25, -0.2) is 27.6 Å². The van der Waals surface area contributed by atoms with Crippen LogP contribution in [0.1, 0.15) is 12.8 Å². The van der Waals surface area contributed by atoms with Crippen molar-refractivity contribution in [2.45, 2.75) is 23.8 Å². The van der Waals surface area contributed by atoms with Gasteiger partial charge in [-0.15, -0.1) is 0 Å². The zero-order valence-corrected chi connectivity index (χ0v) is 22.9. The summed E-state index contributed by atoms with van der Waals surface area (Å²) in [4.78, 5) is 25.5. The molecular formula is C27H24ClFN6O5S. The Balaban J connectivity index is 1.33. The summed E-state index contributed by atoms with van der Waals surface area (Å²) >= 11 is 6.00. The Morgan fingerprint density at radius 3 is 2.76 bits per heavy atom. The average Bonchev–Trinajstić information content (AvgIpc) is 2.95. The second-order valence-corrected chi connectivity index (χ2v) is 11.2. The van der Waals surface area contributed by atoms with Crippen LogP contribution in [0.25, 0.3) is 11.3 Å². The van der Waals surface area contributed by atoms with Gasteiger partial charge in [-0.05, 0) is 49.2 Å². The normalized spacial score (nSPS) is 15.3. The highest BCUT2D eigenvalue weighted by molar-refractivity contribution is 7.92. The molecule has 0 spiro atoms. The lowest BCUT2D eigenvalue weighted by molar-refractivity contribution is 0.132. The van der Waals surface area contributed by atoms with E-state index in [0.29, 0.717) is 36.0 Å². The summed E-state index contributed by atoms with van der Waals surface area (Å²) in [6.07, 6.45) is 5.13. The molecule has 2 aromatic carbocycles. The highest BCUT2D eigenvalue weighted by Crippen LogP contribution is 2.34. The van der Waals surface area contributed by atoms with Crippen LogP contribution >= 0.6 is 11.6 Å². The highest BCUT2D eigenvalue weighted by atomic mass is 35.5. The van der Waals surface area contributed by atoms with E-state index >= 15 is 0 Å². The lowest BCUT2D eigenvalue weighted by atomic mass is 10.1. The van der Waals surface area contributed by atoms with Crippen molar-refractivity contribution in [3.05, 3.63) is 84.0 Å². The monoisotopic (exact) mass is 598 g/mol. The van der Waals surface area contributed by atoms with Gasteiger partial charge in [-0.3, -0.25) is 9.71 Å². The molecule has 3 N–H and O–H groups in total. The first-order valence-corrected chi connectivity index (χ1v) is 14.3. The van der Waals surface area contributed by atoms with E-state index in [9.17, 15) is 22.7 Å². The van der Waals surface area contributed by atoms with Gasteiger partial charge in [0.1, 0.15) is 16.4 Å². The van der Waals surface area contributed by atoms with Crippen LogP contribution in [0, 0.1) is 5.82 Å². The minimum absolute atomic E-state index is 0.00892. The molecule has 1 fully saturated rings. The smallest absolute Gasteiger partial charge is 0.407 e. The average molecular weight is 599 g/mol. The molecule has 11 nitrogen and oxygen atoms in total. The van der Waals surface area contributed by atoms with E-state index in [0.717, 1.165) is 18.9 Å². The molecule has 2 aromatic heterocycles. The topological polar surface area (TPSA) is 147 Å². The zero-order chi connectivity index (χ0) is 29.0. The zero-order valence-electron chi connectivity index (χ0n) is 21.4. The van der Waals surface area contributed by atoms with E-state index in [1.54, 1.807) is 24.4 Å². The van der Waals surface area contributed by atoms with Gasteiger partial charge in [0.25, 0.3) is 10.0 Å². The van der Waals surface area contributed by atoms with Crippen molar-refractivity contribution in [3.63, 3.8) is 0 Å². The molecule has 1 saturated heterocycles. The summed E-state index contributed by atoms with van der Waals surface area (Å²) in [6.45, 7) is 0.805. The summed E-state index contributed by atoms with van der Waals surface area (Å²) in [6, 6.07) is 12.7. The Morgan fingerprint density at radius 2 is 1.98 bits per heavy atom. The Hall–Kier alpha value is -4.49. The molecule has 0 bridgehead atoms. The quantitative estimate of drug-likeness (QED) is 0.240. The number of sulfonamides is 1. The fourth-order valence-electron chi connectivity index (χ4n) is 4.32. The molecule has 0 unspecified atom stereocenters. The van der Waals surface area contributed by atoms with Gasteiger partial charge < -0.3 is 20.1 Å². The van der Waals surface area contributed by atoms with Gasteiger partial charge in [0.05, 0.1) is 22.0 Å². The number of amides is 1. The largest absolute Gasteiger partial charge is 0.465 e. The minimum Gasteiger partial charge on any atom is -0.465 e. The summed E-state index contributed by atoms with van der Waals surface area (Å²) in [5.41, 5.74) is 0.696. The first kappa shape index (κ1) is 28.1. The van der Waals surface area contributed by atoms with Gasteiger partial charge in [0.15, 0.2) is 5.82 Å². The number of hydrogen-bond donors (Lipinski definition) is 3. The number of rotatable bonds is 8. The van der Waals surface area contributed by atoms with Crippen LogP contribution in [-0.4, -0.2) is 58.6 Å². The Bertz CT molecular complexity index is 1690. The maximum Gasteiger partial charge on any atom is 0.407 e. The number of piperidine rings is 1. The molecule has 4 aromatic rings. The van der Waals surface area contributed by atoms with Gasteiger partial charge in [0.2, 0.25) is 5.95 Å². The molecule has 0 aliphatic carbocycles. The third-order valence-electron chi connectivity index (χ3n) is 6.28. The predicted octanol–water partition coefficient (Wildman–Crippen LogP) is 5.48. The van der Waals surface area contributed by atoms with Crippen LogP contribution in [-0.2, 0) is 10.0 Å². The Kier molecular flexibility index (Phi) is 8.17. The maximum absolute atomic E-state index is 15.0. The number of nitrogens with one attached hydrogen (secondary N) is 2. The van der Waals surface area contributed by atoms with Gasteiger partial charge >= 0.3 is 6.09 Å². The molecule has 1 aliphatic rings. The number of nitrogens with zero attached hydrogens (tertiary/aromatic N) is 4. The Morgan fingerprint density at radius 1 is 1.15 bits per heavy atom. The number of pyridine rings is 1. The number of hydrogen-bond acceptors (Lipinski definition) is 8. The van der Waals surface area contributed by atoms with Crippen LogP contribution in [0.3, 0.4) is 0 Å². The van der Waals surface area contributed by atoms with Crippen LogP contribution in [0.15, 0.2) is 78.1 Å². The number of carboxylic acid groups (broad SMARTS) is 1. The number of benzene rings is 2. The van der Waals surface area contributed by atoms with Gasteiger partial charge in [0, 0.05) is 43.8 Å². The number of anilines is 2. The molecule has 0 saturated carbocycles. The second-order valence-electron chi connectivity index (χ2n) is 9.13. The first-order chi connectivity index (χ1) is 19.7. The number of carbonyl (C=O) groups is 1. The van der Waals surface area contributed by atoms with Crippen molar-refractivity contribution in [2.75, 3.05) is 23.1 Å². The van der Waals surface area contributed by atoms with Crippen LogP contribution in [0.4, 0.5) is 20.8 Å². The van der Waals surface area contributed by atoms with E-state index in [2.05, 4.69) is 25.0 Å². The molecule has 212 valence electrons. The highest BCUT2D eigenvalue weighted by Gasteiger charge is 2.24. The van der Waals surface area contributed by atoms with Crippen molar-refractivity contribution < 1.29 is 27.4 Å². The summed E-state index contributed by atoms with van der Waals surface area (Å²) in [5.74, 6) is -0.108. The van der Waals surface area contributed by atoms with Crippen molar-refractivity contribution in [3.8, 4) is 22.8 Å². The SMILES string of the molecule is O=C(O)N1CCC[C@H](Nc2nccc(-c3cnccc3Oc3ccc(NS(=O)(=O)c4ccccc4Cl)c(F)c3)n2)C1. The van der Waals surface area contributed by atoms with E-state index in [1.165, 1.54) is 47.6 Å². The maximum atomic E-state index is 15.0. The van der Waals surface area contributed by atoms with Crippen molar-refractivity contribution in [1.82, 2.24) is 19.9 Å². The molecule has 14 heteroatoms. The van der Waals surface area contributed by atoms with Gasteiger partial charge in [-0.2, -0.15) is 0 Å². The molecular weight excluding hydrogens is 575 g/mol. The second kappa shape index (κ2) is 11.9. The van der Waals surface area contributed by atoms with Crippen LogP contribution < -0.4 is 14.8 Å². The van der Waals surface area contributed by atoms with Crippen LogP contribution in [0.2, 0.25) is 5.02 Å². The molecule has 1 amide bonds. The first-order valence-electron chi connectivity index (χ1n) is 12.5. The lowest BCUT2D eigenvalue weighted by Crippen LogP contribution is -2.44. The number of ether oxygens (including phenoxy) is 1. The minimum atomic E-state index is -4.13. The molecule has 0 radical (unpaired) electrons. The molecule has 5 rings (SSSR count). The standard InChI is InChI=1S/C27H24ClFN6O5S/c28-20-5-1-2-6-25(20)41(38,39)34-23-8-7-18(14-21(23)29)40-24-10-11-30-15-19(24)22-9-12-31-26(33-22)32-17-4-3-13-35(16-17)27(36)37/h1-2,5-12,14-15,17,34H,3-4,13,16H2,(H,36,37)(H,31,32,33)/t17-/m0/s1. The molecule has 1 aliphatic heterocycles. The molecule has 1 atom stereocenters. The molecule has 3 heterocycles. The summed E-state index contributed by atoms with van der Waals surface area (Å²) < 4.78 is 48.5.